The van der Waals surface area contributed by atoms with Gasteiger partial charge in [-0.15, -0.1) is 0 Å². The minimum absolute atomic E-state index is 0.0694. The Balaban J connectivity index is 1.89. The highest BCUT2D eigenvalue weighted by Gasteiger charge is 2.14. The molecule has 0 fully saturated rings. The topological polar surface area (TPSA) is 122 Å². The molecule has 152 valence electrons. The Bertz CT molecular complexity index is 1210. The quantitative estimate of drug-likeness (QED) is 0.367. The number of hydrogen-bond acceptors (Lipinski definition) is 7. The van der Waals surface area contributed by atoms with Crippen molar-refractivity contribution in [3.8, 4) is 23.3 Å². The third kappa shape index (κ3) is 4.42. The maximum Gasteiger partial charge on any atom is 0.336 e. The zero-order valence-electron chi connectivity index (χ0n) is 16.3. The Morgan fingerprint density at radius 1 is 1.17 bits per heavy atom. The molecule has 8 heteroatoms. The number of benzene rings is 2. The van der Waals surface area contributed by atoms with Gasteiger partial charge in [-0.05, 0) is 42.0 Å². The second kappa shape index (κ2) is 8.84. The number of aromatic hydroxyl groups is 1. The number of carbonyl (C=O) groups is 1. The molecule has 8 nitrogen and oxygen atoms in total. The number of amides is 1. The van der Waals surface area contributed by atoms with E-state index in [-0.39, 0.29) is 29.0 Å². The molecular formula is C22H18N2O6. The predicted molar refractivity (Wildman–Crippen MR) is 109 cm³/mol. The monoisotopic (exact) mass is 406 g/mol. The number of hydrogen-bond donors (Lipinski definition) is 2. The number of ether oxygens (including phenoxy) is 2. The number of carbonyl (C=O) groups excluding carboxylic acids is 1. The van der Waals surface area contributed by atoms with Crippen LogP contribution in [0.3, 0.4) is 0 Å². The molecule has 3 rings (SSSR count). The molecule has 1 heterocycles. The van der Waals surface area contributed by atoms with Crippen LogP contribution in [0.25, 0.3) is 17.0 Å². The molecule has 2 N–H and O–H groups in total. The van der Waals surface area contributed by atoms with Gasteiger partial charge in [-0.3, -0.25) is 4.79 Å². The van der Waals surface area contributed by atoms with E-state index in [1.165, 1.54) is 38.5 Å². The number of nitriles is 1. The predicted octanol–water partition coefficient (Wildman–Crippen LogP) is 2.74. The first-order valence-corrected chi connectivity index (χ1v) is 8.83. The summed E-state index contributed by atoms with van der Waals surface area (Å²) >= 11 is 0. The highest BCUT2D eigenvalue weighted by Crippen LogP contribution is 2.28. The van der Waals surface area contributed by atoms with Gasteiger partial charge in [0, 0.05) is 24.1 Å². The lowest BCUT2D eigenvalue weighted by Crippen LogP contribution is -2.24. The van der Waals surface area contributed by atoms with Gasteiger partial charge in [-0.2, -0.15) is 5.26 Å². The van der Waals surface area contributed by atoms with Crippen LogP contribution in [0.15, 0.2) is 57.2 Å². The number of methoxy groups -OCH3 is 2. The summed E-state index contributed by atoms with van der Waals surface area (Å²) < 4.78 is 15.5. The zero-order valence-corrected chi connectivity index (χ0v) is 16.3. The van der Waals surface area contributed by atoms with Crippen LogP contribution in [0, 0.1) is 11.3 Å². The van der Waals surface area contributed by atoms with E-state index in [4.69, 9.17) is 13.9 Å². The molecule has 3 aromatic rings. The van der Waals surface area contributed by atoms with E-state index in [1.807, 2.05) is 6.07 Å². The Morgan fingerprint density at radius 2 is 1.83 bits per heavy atom. The Kier molecular flexibility index (Phi) is 6.03. The third-order valence-electron chi connectivity index (χ3n) is 4.32. The SMILES string of the molecule is COc1cc(CNC(=O)/C(C#N)=C/c2c(O)ccc3ccc(=O)oc23)cc(OC)c1. The summed E-state index contributed by atoms with van der Waals surface area (Å²) in [6.07, 6.45) is 1.18. The molecule has 0 spiro atoms. The van der Waals surface area contributed by atoms with Gasteiger partial charge in [0.25, 0.3) is 5.91 Å². The molecule has 0 saturated heterocycles. The largest absolute Gasteiger partial charge is 0.507 e. The van der Waals surface area contributed by atoms with Crippen LogP contribution >= 0.6 is 0 Å². The van der Waals surface area contributed by atoms with Crippen LogP contribution in [0.2, 0.25) is 0 Å². The molecule has 0 radical (unpaired) electrons. The summed E-state index contributed by atoms with van der Waals surface area (Å²) in [4.78, 5) is 24.1. The first-order chi connectivity index (χ1) is 14.4. The van der Waals surface area contributed by atoms with Crippen molar-refractivity contribution in [3.63, 3.8) is 0 Å². The Labute approximate surface area is 171 Å². The van der Waals surface area contributed by atoms with E-state index in [9.17, 15) is 20.0 Å². The van der Waals surface area contributed by atoms with Gasteiger partial charge in [-0.25, -0.2) is 4.79 Å². The molecule has 0 aliphatic carbocycles. The van der Waals surface area contributed by atoms with Crippen molar-refractivity contribution < 1.29 is 23.8 Å². The normalized spacial score (nSPS) is 11.0. The van der Waals surface area contributed by atoms with Crippen molar-refractivity contribution in [2.45, 2.75) is 6.54 Å². The van der Waals surface area contributed by atoms with Crippen molar-refractivity contribution in [2.24, 2.45) is 0 Å². The molecule has 2 aromatic carbocycles. The smallest absolute Gasteiger partial charge is 0.336 e. The fourth-order valence-electron chi connectivity index (χ4n) is 2.82. The van der Waals surface area contributed by atoms with Gasteiger partial charge in [-0.1, -0.05) is 0 Å². The summed E-state index contributed by atoms with van der Waals surface area (Å²) in [6, 6.07) is 12.7. The van der Waals surface area contributed by atoms with Crippen LogP contribution in [0.4, 0.5) is 0 Å². The van der Waals surface area contributed by atoms with Gasteiger partial charge in [0.1, 0.15) is 34.5 Å². The molecule has 30 heavy (non-hydrogen) atoms. The molecule has 0 aliphatic heterocycles. The van der Waals surface area contributed by atoms with E-state index in [1.54, 1.807) is 24.3 Å². The van der Waals surface area contributed by atoms with Crippen LogP contribution in [-0.2, 0) is 11.3 Å². The third-order valence-corrected chi connectivity index (χ3v) is 4.32. The highest BCUT2D eigenvalue weighted by molar-refractivity contribution is 6.04. The second-order valence-corrected chi connectivity index (χ2v) is 6.24. The first kappa shape index (κ1) is 20.5. The number of fused-ring (bicyclic) bond motifs is 1. The standard InChI is InChI=1S/C22H18N2O6/c1-28-16-7-13(8-17(10-16)29-2)12-24-22(27)15(11-23)9-18-19(25)5-3-14-4-6-20(26)30-21(14)18/h3-10,25H,12H2,1-2H3,(H,24,27)/b15-9+. The van der Waals surface area contributed by atoms with Gasteiger partial charge in [0.05, 0.1) is 19.8 Å². The number of nitrogens with zero attached hydrogens (tertiary/aromatic N) is 1. The summed E-state index contributed by atoms with van der Waals surface area (Å²) in [5.74, 6) is 0.236. The minimum Gasteiger partial charge on any atom is -0.507 e. The van der Waals surface area contributed by atoms with Crippen LogP contribution in [-0.4, -0.2) is 25.2 Å². The molecule has 0 aliphatic rings. The summed E-state index contributed by atoms with van der Waals surface area (Å²) in [5, 5.41) is 22.8. The van der Waals surface area contributed by atoms with Crippen LogP contribution in [0.1, 0.15) is 11.1 Å². The second-order valence-electron chi connectivity index (χ2n) is 6.24. The zero-order chi connectivity index (χ0) is 21.7. The molecule has 0 atom stereocenters. The van der Waals surface area contributed by atoms with Gasteiger partial charge < -0.3 is 24.3 Å². The Morgan fingerprint density at radius 3 is 2.47 bits per heavy atom. The molecule has 0 bridgehead atoms. The lowest BCUT2D eigenvalue weighted by atomic mass is 10.1. The van der Waals surface area contributed by atoms with E-state index in [0.29, 0.717) is 22.4 Å². The van der Waals surface area contributed by atoms with Crippen molar-refractivity contribution in [1.82, 2.24) is 5.32 Å². The van der Waals surface area contributed by atoms with E-state index >= 15 is 0 Å². The number of phenolic OH excluding ortho intramolecular Hbond substituents is 1. The highest BCUT2D eigenvalue weighted by atomic mass is 16.5. The van der Waals surface area contributed by atoms with E-state index in [2.05, 4.69) is 5.32 Å². The molecule has 1 aromatic heterocycles. The minimum atomic E-state index is -0.658. The fraction of sp³-hybridized carbons (Fsp3) is 0.136. The maximum absolute atomic E-state index is 12.5. The average Bonchev–Trinajstić information content (AvgIpc) is 2.76. The van der Waals surface area contributed by atoms with E-state index < -0.39 is 11.5 Å². The van der Waals surface area contributed by atoms with Gasteiger partial charge in [0.15, 0.2) is 0 Å². The van der Waals surface area contributed by atoms with Crippen LogP contribution < -0.4 is 20.4 Å². The molecule has 0 saturated carbocycles. The summed E-state index contributed by atoms with van der Waals surface area (Å²) in [7, 11) is 3.03. The molecule has 0 unspecified atom stereocenters. The molecular weight excluding hydrogens is 388 g/mol. The number of phenols is 1. The van der Waals surface area contributed by atoms with Crippen molar-refractivity contribution >= 4 is 23.0 Å². The van der Waals surface area contributed by atoms with Crippen molar-refractivity contribution in [3.05, 3.63) is 69.6 Å². The van der Waals surface area contributed by atoms with Gasteiger partial charge >= 0.3 is 5.63 Å². The average molecular weight is 406 g/mol. The maximum atomic E-state index is 12.5. The summed E-state index contributed by atoms with van der Waals surface area (Å²) in [6.45, 7) is 0.113. The van der Waals surface area contributed by atoms with Crippen molar-refractivity contribution in [2.75, 3.05) is 14.2 Å². The number of rotatable bonds is 6. The lowest BCUT2D eigenvalue weighted by molar-refractivity contribution is -0.117. The summed E-state index contributed by atoms with van der Waals surface area (Å²) in [5.41, 5.74) is -0.0202. The molecule has 1 amide bonds. The number of nitrogens with one attached hydrogen (secondary N) is 1. The lowest BCUT2D eigenvalue weighted by Gasteiger charge is -2.10. The van der Waals surface area contributed by atoms with Gasteiger partial charge in [0.2, 0.25) is 0 Å². The fourth-order valence-corrected chi connectivity index (χ4v) is 2.82. The Hall–Kier alpha value is -4.25. The van der Waals surface area contributed by atoms with Crippen molar-refractivity contribution in [1.29, 1.82) is 5.26 Å². The van der Waals surface area contributed by atoms with E-state index in [0.717, 1.165) is 0 Å². The first-order valence-electron chi connectivity index (χ1n) is 8.83. The van der Waals surface area contributed by atoms with Crippen LogP contribution in [0.5, 0.6) is 17.2 Å².